The van der Waals surface area contributed by atoms with Crippen molar-refractivity contribution in [1.82, 2.24) is 9.55 Å². The van der Waals surface area contributed by atoms with Gasteiger partial charge in [0.2, 0.25) is 0 Å². The zero-order chi connectivity index (χ0) is 18.2. The summed E-state index contributed by atoms with van der Waals surface area (Å²) in [6.45, 7) is 7.72. The van der Waals surface area contributed by atoms with Crippen LogP contribution < -0.4 is 0 Å². The van der Waals surface area contributed by atoms with Gasteiger partial charge in [0.25, 0.3) is 0 Å². The fourth-order valence-electron chi connectivity index (χ4n) is 2.84. The van der Waals surface area contributed by atoms with E-state index in [0.29, 0.717) is 5.02 Å². The van der Waals surface area contributed by atoms with Crippen molar-refractivity contribution < 1.29 is 9.53 Å². The van der Waals surface area contributed by atoms with Gasteiger partial charge in [-0.05, 0) is 63.6 Å². The number of esters is 1. The Balaban J connectivity index is 2.13. The number of ether oxygens (including phenoxy) is 1. The van der Waals surface area contributed by atoms with E-state index < -0.39 is 5.41 Å². The SMILES string of the molecule is Cc1c(-c2cccnc2)n(COC(=O)C(C)(C)C)c2ccc(Cl)cc12. The van der Waals surface area contributed by atoms with E-state index in [9.17, 15) is 4.79 Å². The van der Waals surface area contributed by atoms with Crippen molar-refractivity contribution in [2.75, 3.05) is 0 Å². The van der Waals surface area contributed by atoms with Crippen LogP contribution in [0.3, 0.4) is 0 Å². The smallest absolute Gasteiger partial charge is 0.312 e. The molecule has 0 fully saturated rings. The lowest BCUT2D eigenvalue weighted by molar-refractivity contribution is -0.156. The first kappa shape index (κ1) is 17.5. The molecule has 0 radical (unpaired) electrons. The summed E-state index contributed by atoms with van der Waals surface area (Å²) < 4.78 is 7.58. The van der Waals surface area contributed by atoms with Gasteiger partial charge in [-0.15, -0.1) is 0 Å². The van der Waals surface area contributed by atoms with Gasteiger partial charge in [0, 0.05) is 28.4 Å². The first-order valence-electron chi connectivity index (χ1n) is 8.15. The van der Waals surface area contributed by atoms with E-state index in [1.807, 2.05) is 68.8 Å². The molecule has 0 bridgehead atoms. The van der Waals surface area contributed by atoms with E-state index in [0.717, 1.165) is 27.7 Å². The predicted octanol–water partition coefficient (Wildman–Crippen LogP) is 5.21. The molecular formula is C20H21ClN2O2. The van der Waals surface area contributed by atoms with Crippen molar-refractivity contribution in [2.45, 2.75) is 34.4 Å². The van der Waals surface area contributed by atoms with Gasteiger partial charge in [0.1, 0.15) is 0 Å². The maximum atomic E-state index is 12.2. The molecule has 2 aromatic heterocycles. The molecule has 0 N–H and O–H groups in total. The molecule has 130 valence electrons. The van der Waals surface area contributed by atoms with Crippen molar-refractivity contribution >= 4 is 28.5 Å². The van der Waals surface area contributed by atoms with Gasteiger partial charge in [0.15, 0.2) is 6.73 Å². The lowest BCUT2D eigenvalue weighted by Gasteiger charge is -2.18. The van der Waals surface area contributed by atoms with Crippen LogP contribution in [0.15, 0.2) is 42.7 Å². The standard InChI is InChI=1S/C20H21ClN2O2/c1-13-16-10-15(21)7-8-17(16)23(12-25-19(24)20(2,3)4)18(13)14-6-5-9-22-11-14/h5-11H,12H2,1-4H3. The van der Waals surface area contributed by atoms with Crippen molar-refractivity contribution in [2.24, 2.45) is 5.41 Å². The number of aryl methyl sites for hydroxylation is 1. The largest absolute Gasteiger partial charge is 0.443 e. The summed E-state index contributed by atoms with van der Waals surface area (Å²) >= 11 is 6.18. The summed E-state index contributed by atoms with van der Waals surface area (Å²) in [5, 5.41) is 1.72. The minimum absolute atomic E-state index is 0.145. The molecule has 0 aliphatic carbocycles. The van der Waals surface area contributed by atoms with Gasteiger partial charge < -0.3 is 9.30 Å². The van der Waals surface area contributed by atoms with Crippen LogP contribution in [0.1, 0.15) is 26.3 Å². The monoisotopic (exact) mass is 356 g/mol. The quantitative estimate of drug-likeness (QED) is 0.605. The summed E-state index contributed by atoms with van der Waals surface area (Å²) in [5.74, 6) is -0.238. The summed E-state index contributed by atoms with van der Waals surface area (Å²) in [4.78, 5) is 16.4. The van der Waals surface area contributed by atoms with E-state index in [1.54, 1.807) is 6.20 Å². The van der Waals surface area contributed by atoms with Crippen LogP contribution in [0.25, 0.3) is 22.2 Å². The molecule has 0 saturated carbocycles. The second kappa shape index (κ2) is 6.52. The number of aromatic nitrogens is 2. The Bertz CT molecular complexity index is 924. The van der Waals surface area contributed by atoms with Crippen LogP contribution in [0.5, 0.6) is 0 Å². The third kappa shape index (κ3) is 3.40. The molecule has 0 unspecified atom stereocenters. The van der Waals surface area contributed by atoms with Gasteiger partial charge in [-0.1, -0.05) is 11.6 Å². The average molecular weight is 357 g/mol. The number of nitrogens with zero attached hydrogens (tertiary/aromatic N) is 2. The number of halogens is 1. The van der Waals surface area contributed by atoms with E-state index in [4.69, 9.17) is 16.3 Å². The number of benzene rings is 1. The molecule has 0 atom stereocenters. The van der Waals surface area contributed by atoms with Crippen LogP contribution in [0.4, 0.5) is 0 Å². The lowest BCUT2D eigenvalue weighted by Crippen LogP contribution is -2.24. The molecule has 0 aliphatic heterocycles. The highest BCUT2D eigenvalue weighted by molar-refractivity contribution is 6.31. The Labute approximate surface area is 152 Å². The van der Waals surface area contributed by atoms with Gasteiger partial charge in [0.05, 0.1) is 16.6 Å². The number of hydrogen-bond acceptors (Lipinski definition) is 3. The Morgan fingerprint density at radius 2 is 2.04 bits per heavy atom. The van der Waals surface area contributed by atoms with Crippen molar-refractivity contribution in [3.63, 3.8) is 0 Å². The van der Waals surface area contributed by atoms with Gasteiger partial charge in [-0.2, -0.15) is 0 Å². The molecule has 0 aliphatic rings. The molecule has 0 spiro atoms. The molecule has 5 heteroatoms. The van der Waals surface area contributed by atoms with E-state index >= 15 is 0 Å². The number of carbonyl (C=O) groups excluding carboxylic acids is 1. The fourth-order valence-corrected chi connectivity index (χ4v) is 3.02. The Kier molecular flexibility index (Phi) is 4.56. The third-order valence-corrected chi connectivity index (χ3v) is 4.39. The second-order valence-corrected chi connectivity index (χ2v) is 7.55. The fraction of sp³-hybridized carbons (Fsp3) is 0.300. The molecule has 0 amide bonds. The summed E-state index contributed by atoms with van der Waals surface area (Å²) in [7, 11) is 0. The van der Waals surface area contributed by atoms with Crippen LogP contribution in [0, 0.1) is 12.3 Å². The zero-order valence-corrected chi connectivity index (χ0v) is 15.6. The first-order valence-corrected chi connectivity index (χ1v) is 8.53. The third-order valence-electron chi connectivity index (χ3n) is 4.15. The first-order chi connectivity index (χ1) is 11.8. The number of carbonyl (C=O) groups is 1. The molecule has 3 rings (SSSR count). The average Bonchev–Trinajstić information content (AvgIpc) is 2.84. The number of pyridine rings is 1. The minimum Gasteiger partial charge on any atom is -0.443 e. The van der Waals surface area contributed by atoms with Crippen molar-refractivity contribution in [3.8, 4) is 11.3 Å². The van der Waals surface area contributed by atoms with Crippen LogP contribution in [-0.4, -0.2) is 15.5 Å². The Hall–Kier alpha value is -2.33. The maximum absolute atomic E-state index is 12.2. The highest BCUT2D eigenvalue weighted by Gasteiger charge is 2.24. The minimum atomic E-state index is -0.546. The number of rotatable bonds is 3. The zero-order valence-electron chi connectivity index (χ0n) is 14.8. The second-order valence-electron chi connectivity index (χ2n) is 7.12. The molecular weight excluding hydrogens is 336 g/mol. The van der Waals surface area contributed by atoms with E-state index in [-0.39, 0.29) is 12.7 Å². The normalized spacial score (nSPS) is 11.7. The highest BCUT2D eigenvalue weighted by Crippen LogP contribution is 2.34. The summed E-state index contributed by atoms with van der Waals surface area (Å²) in [5.41, 5.74) is 3.46. The Morgan fingerprint density at radius 1 is 1.28 bits per heavy atom. The summed E-state index contributed by atoms with van der Waals surface area (Å²) in [6.07, 6.45) is 3.55. The number of fused-ring (bicyclic) bond motifs is 1. The molecule has 1 aromatic carbocycles. The highest BCUT2D eigenvalue weighted by atomic mass is 35.5. The van der Waals surface area contributed by atoms with Crippen LogP contribution >= 0.6 is 11.6 Å². The maximum Gasteiger partial charge on any atom is 0.312 e. The van der Waals surface area contributed by atoms with Gasteiger partial charge in [-0.25, -0.2) is 0 Å². The van der Waals surface area contributed by atoms with E-state index in [1.165, 1.54) is 0 Å². The van der Waals surface area contributed by atoms with E-state index in [2.05, 4.69) is 4.98 Å². The lowest BCUT2D eigenvalue weighted by atomic mass is 9.98. The molecule has 2 heterocycles. The summed E-state index contributed by atoms with van der Waals surface area (Å²) in [6, 6.07) is 9.63. The molecule has 4 nitrogen and oxygen atoms in total. The predicted molar refractivity (Wildman–Crippen MR) is 100 cm³/mol. The van der Waals surface area contributed by atoms with Crippen LogP contribution in [0.2, 0.25) is 5.02 Å². The number of hydrogen-bond donors (Lipinski definition) is 0. The topological polar surface area (TPSA) is 44.1 Å². The van der Waals surface area contributed by atoms with Gasteiger partial charge in [-0.3, -0.25) is 9.78 Å². The van der Waals surface area contributed by atoms with Crippen molar-refractivity contribution in [1.29, 1.82) is 0 Å². The van der Waals surface area contributed by atoms with Crippen molar-refractivity contribution in [3.05, 3.63) is 53.3 Å². The molecule has 3 aromatic rings. The van der Waals surface area contributed by atoms with Crippen LogP contribution in [-0.2, 0) is 16.3 Å². The Morgan fingerprint density at radius 3 is 2.68 bits per heavy atom. The molecule has 0 saturated heterocycles. The van der Waals surface area contributed by atoms with Gasteiger partial charge >= 0.3 is 5.97 Å². The molecule has 25 heavy (non-hydrogen) atoms.